The molecule has 1 aliphatic rings. The Labute approximate surface area is 175 Å². The summed E-state index contributed by atoms with van der Waals surface area (Å²) in [5, 5.41) is 3.48. The second-order valence-electron chi connectivity index (χ2n) is 6.80. The molecule has 1 aliphatic heterocycles. The predicted octanol–water partition coefficient (Wildman–Crippen LogP) is 2.07. The molecule has 0 amide bonds. The summed E-state index contributed by atoms with van der Waals surface area (Å²) in [4.78, 5) is 20.0. The number of benzene rings is 1. The normalized spacial score (nSPS) is 15.5. The zero-order chi connectivity index (χ0) is 19.8. The summed E-state index contributed by atoms with van der Waals surface area (Å²) in [7, 11) is 3.89. The van der Waals surface area contributed by atoms with Crippen molar-refractivity contribution in [2.24, 2.45) is 4.99 Å². The Bertz CT molecular complexity index is 760. The molecule has 0 aliphatic carbocycles. The molecule has 28 heavy (non-hydrogen) atoms. The van der Waals surface area contributed by atoms with E-state index in [0.717, 1.165) is 62.2 Å². The average molecular weight is 446 g/mol. The number of rotatable bonds is 6. The number of hydrogen-bond acceptors (Lipinski definition) is 5. The second kappa shape index (κ2) is 10.4. The Morgan fingerprint density at radius 2 is 1.86 bits per heavy atom. The largest absolute Gasteiger partial charge is 0.355 e. The SMILES string of the molecule is CN=C(NCCN1CCN(c2ncccn2)CC1)N(C)Cc1ccccc1Br. The predicted molar refractivity (Wildman–Crippen MR) is 118 cm³/mol. The van der Waals surface area contributed by atoms with Crippen LogP contribution in [0.2, 0.25) is 0 Å². The molecular weight excluding hydrogens is 418 g/mol. The third-order valence-electron chi connectivity index (χ3n) is 4.86. The topological polar surface area (TPSA) is 59.9 Å². The van der Waals surface area contributed by atoms with Crippen molar-refractivity contribution in [2.75, 3.05) is 58.3 Å². The van der Waals surface area contributed by atoms with Gasteiger partial charge in [0.1, 0.15) is 0 Å². The molecule has 1 saturated heterocycles. The van der Waals surface area contributed by atoms with E-state index < -0.39 is 0 Å². The smallest absolute Gasteiger partial charge is 0.225 e. The highest BCUT2D eigenvalue weighted by atomic mass is 79.9. The molecule has 0 bridgehead atoms. The van der Waals surface area contributed by atoms with Crippen LogP contribution in [0.1, 0.15) is 5.56 Å². The Hall–Kier alpha value is -2.19. The number of nitrogens with zero attached hydrogens (tertiary/aromatic N) is 6. The fourth-order valence-electron chi connectivity index (χ4n) is 3.29. The van der Waals surface area contributed by atoms with Crippen molar-refractivity contribution in [3.05, 3.63) is 52.8 Å². The summed E-state index contributed by atoms with van der Waals surface area (Å²) in [6.45, 7) is 6.62. The molecule has 0 radical (unpaired) electrons. The molecule has 0 unspecified atom stereocenters. The molecule has 8 heteroatoms. The first kappa shape index (κ1) is 20.5. The van der Waals surface area contributed by atoms with Gasteiger partial charge in [0.15, 0.2) is 5.96 Å². The fraction of sp³-hybridized carbons (Fsp3) is 0.450. The van der Waals surface area contributed by atoms with E-state index in [2.05, 4.69) is 76.2 Å². The van der Waals surface area contributed by atoms with Gasteiger partial charge in [-0.2, -0.15) is 0 Å². The van der Waals surface area contributed by atoms with Crippen LogP contribution < -0.4 is 10.2 Å². The van der Waals surface area contributed by atoms with Gasteiger partial charge in [0.05, 0.1) is 0 Å². The Morgan fingerprint density at radius 1 is 1.14 bits per heavy atom. The molecule has 1 N–H and O–H groups in total. The van der Waals surface area contributed by atoms with E-state index in [1.54, 1.807) is 12.4 Å². The average Bonchev–Trinajstić information content (AvgIpc) is 2.74. The van der Waals surface area contributed by atoms with Crippen LogP contribution >= 0.6 is 15.9 Å². The van der Waals surface area contributed by atoms with Crippen molar-refractivity contribution in [3.63, 3.8) is 0 Å². The number of guanidine groups is 1. The summed E-state index contributed by atoms with van der Waals surface area (Å²) in [5.74, 6) is 1.74. The van der Waals surface area contributed by atoms with E-state index in [1.165, 1.54) is 5.56 Å². The van der Waals surface area contributed by atoms with Crippen molar-refractivity contribution >= 4 is 27.8 Å². The van der Waals surface area contributed by atoms with E-state index in [-0.39, 0.29) is 0 Å². The highest BCUT2D eigenvalue weighted by molar-refractivity contribution is 9.10. The molecule has 2 heterocycles. The lowest BCUT2D eigenvalue weighted by molar-refractivity contribution is 0.259. The molecule has 150 valence electrons. The van der Waals surface area contributed by atoms with Gasteiger partial charge in [-0.1, -0.05) is 34.1 Å². The number of nitrogens with one attached hydrogen (secondary N) is 1. The molecule has 0 saturated carbocycles. The lowest BCUT2D eigenvalue weighted by Crippen LogP contribution is -2.49. The number of halogens is 1. The van der Waals surface area contributed by atoms with Gasteiger partial charge in [-0.25, -0.2) is 9.97 Å². The van der Waals surface area contributed by atoms with Crippen LogP contribution in [0.3, 0.4) is 0 Å². The van der Waals surface area contributed by atoms with Crippen LogP contribution in [-0.2, 0) is 6.54 Å². The van der Waals surface area contributed by atoms with E-state index in [4.69, 9.17) is 0 Å². The van der Waals surface area contributed by atoms with E-state index in [1.807, 2.05) is 19.2 Å². The minimum absolute atomic E-state index is 0.802. The second-order valence-corrected chi connectivity index (χ2v) is 7.65. The van der Waals surface area contributed by atoms with Crippen molar-refractivity contribution in [2.45, 2.75) is 6.54 Å². The van der Waals surface area contributed by atoms with E-state index in [0.29, 0.717) is 0 Å². The quantitative estimate of drug-likeness (QED) is 0.542. The van der Waals surface area contributed by atoms with Crippen LogP contribution in [0, 0.1) is 0 Å². The van der Waals surface area contributed by atoms with Gasteiger partial charge in [-0.15, -0.1) is 0 Å². The Balaban J connectivity index is 1.41. The van der Waals surface area contributed by atoms with Gasteiger partial charge in [0.25, 0.3) is 0 Å². The number of aliphatic imine (C=N–C) groups is 1. The van der Waals surface area contributed by atoms with Crippen LogP contribution in [0.5, 0.6) is 0 Å². The molecule has 1 aromatic carbocycles. The Kier molecular flexibility index (Phi) is 7.62. The van der Waals surface area contributed by atoms with Gasteiger partial charge in [-0.05, 0) is 17.7 Å². The highest BCUT2D eigenvalue weighted by Crippen LogP contribution is 2.17. The van der Waals surface area contributed by atoms with Gasteiger partial charge in [0.2, 0.25) is 5.95 Å². The van der Waals surface area contributed by atoms with Crippen molar-refractivity contribution in [1.29, 1.82) is 0 Å². The van der Waals surface area contributed by atoms with Crippen LogP contribution in [0.4, 0.5) is 5.95 Å². The van der Waals surface area contributed by atoms with Crippen molar-refractivity contribution in [3.8, 4) is 0 Å². The lowest BCUT2D eigenvalue weighted by Gasteiger charge is -2.34. The van der Waals surface area contributed by atoms with Crippen LogP contribution in [-0.4, -0.2) is 79.1 Å². The molecule has 1 fully saturated rings. The first-order valence-electron chi connectivity index (χ1n) is 9.57. The van der Waals surface area contributed by atoms with Gasteiger partial charge < -0.3 is 15.1 Å². The maximum Gasteiger partial charge on any atom is 0.225 e. The highest BCUT2D eigenvalue weighted by Gasteiger charge is 2.18. The van der Waals surface area contributed by atoms with Crippen LogP contribution in [0.15, 0.2) is 52.2 Å². The molecule has 3 rings (SSSR count). The minimum Gasteiger partial charge on any atom is -0.355 e. The van der Waals surface area contributed by atoms with Crippen molar-refractivity contribution < 1.29 is 0 Å². The maximum absolute atomic E-state index is 4.42. The van der Waals surface area contributed by atoms with E-state index in [9.17, 15) is 0 Å². The summed E-state index contributed by atoms with van der Waals surface area (Å²) in [6, 6.07) is 10.1. The number of anilines is 1. The van der Waals surface area contributed by atoms with E-state index >= 15 is 0 Å². The number of hydrogen-bond donors (Lipinski definition) is 1. The third-order valence-corrected chi connectivity index (χ3v) is 5.63. The minimum atomic E-state index is 0.802. The molecule has 7 nitrogen and oxygen atoms in total. The number of aromatic nitrogens is 2. The summed E-state index contributed by atoms with van der Waals surface area (Å²) in [5.41, 5.74) is 1.24. The summed E-state index contributed by atoms with van der Waals surface area (Å²) < 4.78 is 1.12. The first-order valence-corrected chi connectivity index (χ1v) is 10.4. The molecule has 0 atom stereocenters. The summed E-state index contributed by atoms with van der Waals surface area (Å²) in [6.07, 6.45) is 3.60. The van der Waals surface area contributed by atoms with Gasteiger partial charge in [-0.3, -0.25) is 9.89 Å². The molecular formula is C20H28BrN7. The fourth-order valence-corrected chi connectivity index (χ4v) is 3.70. The third kappa shape index (κ3) is 5.65. The van der Waals surface area contributed by atoms with Gasteiger partial charge in [0, 0.05) is 76.8 Å². The molecule has 1 aromatic heterocycles. The molecule has 2 aromatic rings. The number of piperazine rings is 1. The Morgan fingerprint density at radius 3 is 2.54 bits per heavy atom. The monoisotopic (exact) mass is 445 g/mol. The zero-order valence-corrected chi connectivity index (χ0v) is 18.1. The summed E-state index contributed by atoms with van der Waals surface area (Å²) >= 11 is 3.62. The zero-order valence-electron chi connectivity index (χ0n) is 16.6. The lowest BCUT2D eigenvalue weighted by atomic mass is 10.2. The standard InChI is InChI=1S/C20H28BrN7/c1-22-19(26(2)16-17-6-3-4-7-18(17)21)25-10-11-27-12-14-28(15-13-27)20-23-8-5-9-24-20/h3-9H,10-16H2,1-2H3,(H,22,25). The molecule has 0 spiro atoms. The van der Waals surface area contributed by atoms with Gasteiger partial charge >= 0.3 is 0 Å². The maximum atomic E-state index is 4.42. The first-order chi connectivity index (χ1) is 13.7. The van der Waals surface area contributed by atoms with Crippen molar-refractivity contribution in [1.82, 2.24) is 25.1 Å². The van der Waals surface area contributed by atoms with Crippen LogP contribution in [0.25, 0.3) is 0 Å².